The van der Waals surface area contributed by atoms with Gasteiger partial charge in [0.2, 0.25) is 0 Å². The van der Waals surface area contributed by atoms with Gasteiger partial charge >= 0.3 is 0 Å². The molecule has 1 fully saturated rings. The number of rotatable bonds is 4. The molecule has 1 aromatic rings. The normalized spacial score (nSPS) is 16.4. The van der Waals surface area contributed by atoms with Gasteiger partial charge in [0.25, 0.3) is 0 Å². The molecule has 1 aliphatic rings. The van der Waals surface area contributed by atoms with E-state index in [2.05, 4.69) is 47.1 Å². The molecule has 0 atom stereocenters. The van der Waals surface area contributed by atoms with Crippen LogP contribution in [0.5, 0.6) is 0 Å². The number of carbonyl (C=O) groups excluding carboxylic acids is 1. The van der Waals surface area contributed by atoms with E-state index in [1.807, 2.05) is 13.0 Å². The summed E-state index contributed by atoms with van der Waals surface area (Å²) >= 11 is 0. The molecule has 4 heteroatoms. The van der Waals surface area contributed by atoms with Crippen molar-refractivity contribution in [3.63, 3.8) is 0 Å². The Morgan fingerprint density at radius 3 is 2.67 bits per heavy atom. The summed E-state index contributed by atoms with van der Waals surface area (Å²) in [5.74, 6) is 0. The van der Waals surface area contributed by atoms with Crippen molar-refractivity contribution in [1.82, 2.24) is 14.8 Å². The van der Waals surface area contributed by atoms with Crippen molar-refractivity contribution in [2.75, 3.05) is 33.2 Å². The molecule has 2 heterocycles. The molecule has 0 spiro atoms. The molecule has 0 amide bonds. The quantitative estimate of drug-likeness (QED) is 0.796. The van der Waals surface area contributed by atoms with Crippen molar-refractivity contribution in [1.29, 1.82) is 0 Å². The number of likely N-dealkylation sites (N-methyl/N-ethyl adjacent to an activating group) is 1. The van der Waals surface area contributed by atoms with Crippen molar-refractivity contribution >= 4 is 12.4 Å². The van der Waals surface area contributed by atoms with Crippen LogP contribution in [0.3, 0.4) is 0 Å². The molecule has 0 aliphatic carbocycles. The van der Waals surface area contributed by atoms with Gasteiger partial charge in [-0.05, 0) is 43.8 Å². The molecule has 4 nitrogen and oxygen atoms in total. The first-order valence-electron chi connectivity index (χ1n) is 7.15. The Hall–Kier alpha value is -1.78. The minimum absolute atomic E-state index is 0.926. The zero-order chi connectivity index (χ0) is 15.7. The van der Waals surface area contributed by atoms with E-state index in [-0.39, 0.29) is 0 Å². The average Bonchev–Trinajstić information content (AvgIpc) is 2.74. The van der Waals surface area contributed by atoms with Gasteiger partial charge in [0.1, 0.15) is 6.79 Å². The predicted molar refractivity (Wildman–Crippen MR) is 88.0 cm³/mol. The number of hydrogen-bond donors (Lipinski definition) is 0. The Morgan fingerprint density at radius 1 is 1.29 bits per heavy atom. The molecule has 21 heavy (non-hydrogen) atoms. The fourth-order valence-electron chi connectivity index (χ4n) is 2.31. The molecular weight excluding hydrogens is 262 g/mol. The summed E-state index contributed by atoms with van der Waals surface area (Å²) in [4.78, 5) is 17.4. The van der Waals surface area contributed by atoms with Crippen LogP contribution in [-0.2, 0) is 11.3 Å². The van der Waals surface area contributed by atoms with Gasteiger partial charge in [0, 0.05) is 25.8 Å². The first kappa shape index (κ1) is 17.3. The number of pyridine rings is 1. The number of nitrogens with zero attached hydrogens (tertiary/aromatic N) is 3. The summed E-state index contributed by atoms with van der Waals surface area (Å²) in [7, 11) is 2.19. The summed E-state index contributed by atoms with van der Waals surface area (Å²) in [6, 6.07) is 4.18. The number of hydrogen-bond acceptors (Lipinski definition) is 4. The van der Waals surface area contributed by atoms with Gasteiger partial charge in [0.05, 0.1) is 5.69 Å². The maximum absolute atomic E-state index is 8.00. The molecule has 0 N–H and O–H groups in total. The third-order valence-corrected chi connectivity index (χ3v) is 3.64. The third-order valence-electron chi connectivity index (χ3n) is 3.64. The fraction of sp³-hybridized carbons (Fsp3) is 0.412. The molecule has 114 valence electrons. The van der Waals surface area contributed by atoms with Gasteiger partial charge in [-0.15, -0.1) is 0 Å². The van der Waals surface area contributed by atoms with E-state index in [1.54, 1.807) is 6.08 Å². The molecule has 0 bridgehead atoms. The first-order chi connectivity index (χ1) is 10.2. The van der Waals surface area contributed by atoms with Crippen LogP contribution in [-0.4, -0.2) is 54.8 Å². The Labute approximate surface area is 127 Å². The monoisotopic (exact) mass is 287 g/mol. The molecule has 0 aromatic carbocycles. The lowest BCUT2D eigenvalue weighted by Crippen LogP contribution is -2.28. The van der Waals surface area contributed by atoms with Gasteiger partial charge in [-0.25, -0.2) is 0 Å². The predicted octanol–water partition coefficient (Wildman–Crippen LogP) is 2.23. The van der Waals surface area contributed by atoms with Crippen LogP contribution in [0.1, 0.15) is 17.7 Å². The molecular formula is C17H25N3O. The van der Waals surface area contributed by atoms with Crippen LogP contribution in [0.4, 0.5) is 0 Å². The van der Waals surface area contributed by atoms with Crippen LogP contribution in [0.2, 0.25) is 0 Å². The molecule has 0 saturated carbocycles. The maximum atomic E-state index is 8.00. The highest BCUT2D eigenvalue weighted by molar-refractivity contribution is 5.70. The van der Waals surface area contributed by atoms with Gasteiger partial charge in [-0.1, -0.05) is 25.3 Å². The second-order valence-corrected chi connectivity index (χ2v) is 5.20. The zero-order valence-electron chi connectivity index (χ0n) is 12.9. The van der Waals surface area contributed by atoms with Crippen LogP contribution in [0, 0.1) is 0 Å². The maximum Gasteiger partial charge on any atom is 0.106 e. The SMILES string of the molecule is C=CC(=C)c1ccc(CN2CCCN(C)CC2)nc1.C=O. The van der Waals surface area contributed by atoms with Gasteiger partial charge < -0.3 is 9.69 Å². The third kappa shape index (κ3) is 5.61. The van der Waals surface area contributed by atoms with E-state index < -0.39 is 0 Å². The number of allylic oxidation sites excluding steroid dienone is 2. The molecule has 1 saturated heterocycles. The van der Waals surface area contributed by atoms with Crippen LogP contribution in [0.15, 0.2) is 37.6 Å². The van der Waals surface area contributed by atoms with E-state index in [1.165, 1.54) is 13.0 Å². The van der Waals surface area contributed by atoms with Crippen LogP contribution >= 0.6 is 0 Å². The second-order valence-electron chi connectivity index (χ2n) is 5.20. The topological polar surface area (TPSA) is 36.4 Å². The molecule has 1 aromatic heterocycles. The fourth-order valence-corrected chi connectivity index (χ4v) is 2.31. The number of aromatic nitrogens is 1. The summed E-state index contributed by atoms with van der Waals surface area (Å²) < 4.78 is 0. The van der Waals surface area contributed by atoms with Crippen molar-refractivity contribution in [2.24, 2.45) is 0 Å². The van der Waals surface area contributed by atoms with E-state index in [0.717, 1.165) is 43.0 Å². The molecule has 0 unspecified atom stereocenters. The van der Waals surface area contributed by atoms with Gasteiger partial charge in [-0.2, -0.15) is 0 Å². The zero-order valence-corrected chi connectivity index (χ0v) is 12.9. The summed E-state index contributed by atoms with van der Waals surface area (Å²) in [6.07, 6.45) is 4.90. The highest BCUT2D eigenvalue weighted by Gasteiger charge is 2.12. The minimum Gasteiger partial charge on any atom is -0.307 e. The van der Waals surface area contributed by atoms with E-state index in [9.17, 15) is 0 Å². The average molecular weight is 287 g/mol. The van der Waals surface area contributed by atoms with Crippen LogP contribution in [0.25, 0.3) is 5.57 Å². The lowest BCUT2D eigenvalue weighted by molar-refractivity contribution is -0.0979. The second kappa shape index (κ2) is 9.21. The minimum atomic E-state index is 0.926. The smallest absolute Gasteiger partial charge is 0.106 e. The first-order valence-corrected chi connectivity index (χ1v) is 7.15. The summed E-state index contributed by atoms with van der Waals surface area (Å²) in [5, 5.41) is 0. The Morgan fingerprint density at radius 2 is 2.05 bits per heavy atom. The lowest BCUT2D eigenvalue weighted by Gasteiger charge is -2.19. The van der Waals surface area contributed by atoms with E-state index in [4.69, 9.17) is 4.79 Å². The standard InChI is InChI=1S/C16H23N3.CH2O/c1-4-14(2)15-6-7-16(17-12-15)13-19-9-5-8-18(3)10-11-19;1-2/h4,6-7,12H,1-2,5,8-11,13H2,3H3;1H2. The summed E-state index contributed by atoms with van der Waals surface area (Å²) in [6.45, 7) is 15.2. The molecule has 1 aliphatic heterocycles. The van der Waals surface area contributed by atoms with E-state index >= 15 is 0 Å². The van der Waals surface area contributed by atoms with Crippen molar-refractivity contribution < 1.29 is 4.79 Å². The van der Waals surface area contributed by atoms with Crippen LogP contribution < -0.4 is 0 Å². The largest absolute Gasteiger partial charge is 0.307 e. The van der Waals surface area contributed by atoms with Crippen molar-refractivity contribution in [3.8, 4) is 0 Å². The number of carbonyl (C=O) groups is 1. The summed E-state index contributed by atoms with van der Waals surface area (Å²) in [5.41, 5.74) is 3.11. The Kier molecular flexibility index (Phi) is 7.58. The van der Waals surface area contributed by atoms with Crippen molar-refractivity contribution in [2.45, 2.75) is 13.0 Å². The lowest BCUT2D eigenvalue weighted by atomic mass is 10.1. The molecule has 2 rings (SSSR count). The highest BCUT2D eigenvalue weighted by atomic mass is 16.1. The van der Waals surface area contributed by atoms with Gasteiger partial charge in [0.15, 0.2) is 0 Å². The van der Waals surface area contributed by atoms with Crippen molar-refractivity contribution in [3.05, 3.63) is 48.8 Å². The Balaban J connectivity index is 0.00000106. The van der Waals surface area contributed by atoms with Gasteiger partial charge in [-0.3, -0.25) is 9.88 Å². The Bertz CT molecular complexity index is 456. The molecule has 0 radical (unpaired) electrons. The van der Waals surface area contributed by atoms with E-state index in [0.29, 0.717) is 0 Å². The highest BCUT2D eigenvalue weighted by Crippen LogP contribution is 2.13.